The van der Waals surface area contributed by atoms with Crippen molar-refractivity contribution in [1.29, 1.82) is 0 Å². The van der Waals surface area contributed by atoms with Crippen molar-refractivity contribution < 1.29 is 4.74 Å². The van der Waals surface area contributed by atoms with Gasteiger partial charge in [0.25, 0.3) is 0 Å². The molecule has 0 unspecified atom stereocenters. The molecule has 0 amide bonds. The maximum atomic E-state index is 6.03. The van der Waals surface area contributed by atoms with Crippen LogP contribution in [0.4, 0.5) is 0 Å². The van der Waals surface area contributed by atoms with E-state index in [9.17, 15) is 0 Å². The summed E-state index contributed by atoms with van der Waals surface area (Å²) in [6.45, 7) is 0.549. The van der Waals surface area contributed by atoms with Crippen molar-refractivity contribution in [3.63, 3.8) is 0 Å². The Kier molecular flexibility index (Phi) is 5.60. The van der Waals surface area contributed by atoms with Crippen LogP contribution in [0.2, 0.25) is 0 Å². The summed E-state index contributed by atoms with van der Waals surface area (Å²) in [5.74, 6) is 0.863. The van der Waals surface area contributed by atoms with E-state index in [0.29, 0.717) is 6.61 Å². The number of benzene rings is 3. The van der Waals surface area contributed by atoms with Gasteiger partial charge in [0.1, 0.15) is 12.4 Å². The average molecular weight is 363 g/mol. The van der Waals surface area contributed by atoms with E-state index in [1.807, 2.05) is 78.9 Å². The fourth-order valence-electron chi connectivity index (χ4n) is 2.97. The van der Waals surface area contributed by atoms with Crippen molar-refractivity contribution in [3.8, 4) is 17.0 Å². The number of pyridine rings is 1. The lowest BCUT2D eigenvalue weighted by Gasteiger charge is -2.09. The first kappa shape index (κ1) is 17.7. The molecule has 0 radical (unpaired) electrons. The molecule has 136 valence electrons. The Bertz CT molecular complexity index is 1060. The van der Waals surface area contributed by atoms with Gasteiger partial charge < -0.3 is 4.74 Å². The predicted molar refractivity (Wildman–Crippen MR) is 116 cm³/mol. The lowest BCUT2D eigenvalue weighted by Crippen LogP contribution is -1.96. The molecule has 0 fully saturated rings. The van der Waals surface area contributed by atoms with E-state index in [0.717, 1.165) is 33.8 Å². The summed E-state index contributed by atoms with van der Waals surface area (Å²) >= 11 is 0. The van der Waals surface area contributed by atoms with Crippen LogP contribution in [-0.2, 0) is 6.61 Å². The summed E-state index contributed by atoms with van der Waals surface area (Å²) in [6, 6.07) is 34.5. The number of rotatable bonds is 6. The van der Waals surface area contributed by atoms with Gasteiger partial charge in [0.2, 0.25) is 0 Å². The van der Waals surface area contributed by atoms with Crippen molar-refractivity contribution in [2.75, 3.05) is 0 Å². The molecule has 4 aromatic rings. The molecule has 0 N–H and O–H groups in total. The van der Waals surface area contributed by atoms with Crippen LogP contribution >= 0.6 is 0 Å². The van der Waals surface area contributed by atoms with E-state index in [1.165, 1.54) is 0 Å². The third kappa shape index (κ3) is 4.54. The van der Waals surface area contributed by atoms with E-state index in [2.05, 4.69) is 36.4 Å². The third-order valence-corrected chi connectivity index (χ3v) is 4.43. The number of para-hydroxylation sites is 1. The summed E-state index contributed by atoms with van der Waals surface area (Å²) < 4.78 is 6.03. The van der Waals surface area contributed by atoms with Gasteiger partial charge in [-0.2, -0.15) is 0 Å². The van der Waals surface area contributed by atoms with E-state index < -0.39 is 0 Å². The highest BCUT2D eigenvalue weighted by Gasteiger charge is 2.02. The van der Waals surface area contributed by atoms with Gasteiger partial charge in [-0.05, 0) is 35.9 Å². The minimum Gasteiger partial charge on any atom is -0.488 e. The third-order valence-electron chi connectivity index (χ3n) is 4.43. The quantitative estimate of drug-likeness (QED) is 0.390. The molecule has 2 nitrogen and oxygen atoms in total. The van der Waals surface area contributed by atoms with Gasteiger partial charge in [0, 0.05) is 11.1 Å². The summed E-state index contributed by atoms with van der Waals surface area (Å²) in [5.41, 5.74) is 5.18. The Labute approximate surface area is 165 Å². The summed E-state index contributed by atoms with van der Waals surface area (Å²) in [6.07, 6.45) is 4.08. The monoisotopic (exact) mass is 363 g/mol. The standard InChI is InChI=1S/C26H21NO/c1-3-10-21(11-4-1)20-28-26-17-8-7-14-23(26)18-19-24-15-9-16-25(27-24)22-12-5-2-6-13-22/h1-19H,20H2. The maximum absolute atomic E-state index is 6.03. The highest BCUT2D eigenvalue weighted by Crippen LogP contribution is 2.22. The smallest absolute Gasteiger partial charge is 0.127 e. The Morgan fingerprint density at radius 3 is 2.18 bits per heavy atom. The molecule has 0 bridgehead atoms. The second-order valence-corrected chi connectivity index (χ2v) is 6.46. The van der Waals surface area contributed by atoms with Crippen molar-refractivity contribution in [2.24, 2.45) is 0 Å². The van der Waals surface area contributed by atoms with E-state index in [1.54, 1.807) is 0 Å². The van der Waals surface area contributed by atoms with Gasteiger partial charge in [-0.25, -0.2) is 4.98 Å². The van der Waals surface area contributed by atoms with Gasteiger partial charge in [0.05, 0.1) is 11.4 Å². The molecule has 0 spiro atoms. The molecule has 3 aromatic carbocycles. The zero-order valence-corrected chi connectivity index (χ0v) is 15.5. The Morgan fingerprint density at radius 2 is 1.36 bits per heavy atom. The van der Waals surface area contributed by atoms with Crippen LogP contribution in [0.1, 0.15) is 16.8 Å². The molecule has 2 heteroatoms. The molecule has 0 aliphatic rings. The minimum absolute atomic E-state index is 0.549. The molecule has 0 saturated heterocycles. The molecule has 0 aliphatic carbocycles. The zero-order valence-electron chi connectivity index (χ0n) is 15.5. The highest BCUT2D eigenvalue weighted by atomic mass is 16.5. The number of hydrogen-bond donors (Lipinski definition) is 0. The molecule has 28 heavy (non-hydrogen) atoms. The predicted octanol–water partition coefficient (Wildman–Crippen LogP) is 6.50. The van der Waals surface area contributed by atoms with Crippen LogP contribution < -0.4 is 4.74 Å². The fourth-order valence-corrected chi connectivity index (χ4v) is 2.97. The van der Waals surface area contributed by atoms with Gasteiger partial charge in [-0.3, -0.25) is 0 Å². The zero-order chi connectivity index (χ0) is 19.0. The first-order valence-electron chi connectivity index (χ1n) is 9.35. The number of ether oxygens (including phenoxy) is 1. The summed E-state index contributed by atoms with van der Waals surface area (Å²) in [5, 5.41) is 0. The van der Waals surface area contributed by atoms with E-state index in [4.69, 9.17) is 9.72 Å². The largest absolute Gasteiger partial charge is 0.488 e. The topological polar surface area (TPSA) is 22.1 Å². The van der Waals surface area contributed by atoms with Crippen molar-refractivity contribution >= 4 is 12.2 Å². The molecule has 0 aliphatic heterocycles. The molecule has 0 saturated carbocycles. The minimum atomic E-state index is 0.549. The van der Waals surface area contributed by atoms with E-state index in [-0.39, 0.29) is 0 Å². The SMILES string of the molecule is C(=Cc1ccccc1OCc1ccccc1)c1cccc(-c2ccccc2)n1. The van der Waals surface area contributed by atoms with Crippen LogP contribution in [0.25, 0.3) is 23.4 Å². The fraction of sp³-hybridized carbons (Fsp3) is 0.0385. The van der Waals surface area contributed by atoms with E-state index >= 15 is 0 Å². The second-order valence-electron chi connectivity index (χ2n) is 6.46. The maximum Gasteiger partial charge on any atom is 0.127 e. The van der Waals surface area contributed by atoms with Gasteiger partial charge >= 0.3 is 0 Å². The normalized spacial score (nSPS) is 10.9. The summed E-state index contributed by atoms with van der Waals surface area (Å²) in [4.78, 5) is 4.75. The first-order valence-corrected chi connectivity index (χ1v) is 9.35. The molecule has 4 rings (SSSR count). The van der Waals surface area contributed by atoms with Crippen molar-refractivity contribution in [3.05, 3.63) is 120 Å². The highest BCUT2D eigenvalue weighted by molar-refractivity contribution is 5.72. The lowest BCUT2D eigenvalue weighted by molar-refractivity contribution is 0.305. The molecule has 1 heterocycles. The van der Waals surface area contributed by atoms with Crippen LogP contribution in [0.5, 0.6) is 5.75 Å². The Hall–Kier alpha value is -3.65. The lowest BCUT2D eigenvalue weighted by atomic mass is 10.1. The molecular formula is C26H21NO. The number of hydrogen-bond acceptors (Lipinski definition) is 2. The van der Waals surface area contributed by atoms with Crippen LogP contribution in [0.3, 0.4) is 0 Å². The number of aromatic nitrogens is 1. The molecular weight excluding hydrogens is 342 g/mol. The molecule has 0 atom stereocenters. The van der Waals surface area contributed by atoms with Gasteiger partial charge in [-0.1, -0.05) is 84.9 Å². The molecule has 1 aromatic heterocycles. The van der Waals surface area contributed by atoms with Crippen LogP contribution in [0.15, 0.2) is 103 Å². The second kappa shape index (κ2) is 8.83. The summed E-state index contributed by atoms with van der Waals surface area (Å²) in [7, 11) is 0. The number of nitrogens with zero attached hydrogens (tertiary/aromatic N) is 1. The van der Waals surface area contributed by atoms with Crippen molar-refractivity contribution in [1.82, 2.24) is 4.98 Å². The van der Waals surface area contributed by atoms with Crippen LogP contribution in [-0.4, -0.2) is 4.98 Å². The van der Waals surface area contributed by atoms with Gasteiger partial charge in [-0.15, -0.1) is 0 Å². The van der Waals surface area contributed by atoms with Crippen LogP contribution in [0, 0.1) is 0 Å². The van der Waals surface area contributed by atoms with Crippen molar-refractivity contribution in [2.45, 2.75) is 6.61 Å². The Morgan fingerprint density at radius 1 is 0.643 bits per heavy atom. The van der Waals surface area contributed by atoms with Gasteiger partial charge in [0.15, 0.2) is 0 Å². The first-order chi connectivity index (χ1) is 13.9. The Balaban J connectivity index is 1.52. The average Bonchev–Trinajstić information content (AvgIpc) is 2.78.